The average molecular weight is 273 g/mol. The lowest BCUT2D eigenvalue weighted by atomic mass is 10.3. The maximum Gasteiger partial charge on any atom is 0.242 e. The second-order valence-corrected chi connectivity index (χ2v) is 6.18. The lowest BCUT2D eigenvalue weighted by molar-refractivity contribution is 0.576. The van der Waals surface area contributed by atoms with Gasteiger partial charge in [0, 0.05) is 32.0 Å². The van der Waals surface area contributed by atoms with E-state index in [9.17, 15) is 8.42 Å². The summed E-state index contributed by atoms with van der Waals surface area (Å²) < 4.78 is 28.5. The van der Waals surface area contributed by atoms with Gasteiger partial charge in [0.05, 0.1) is 4.90 Å². The molecule has 5 nitrogen and oxygen atoms in total. The Labute approximate surface area is 110 Å². The third-order valence-corrected chi connectivity index (χ3v) is 4.25. The SMILES string of the molecule is CCCCCNS(=O)(=O)c1cc(CNC)n(C)c1. The van der Waals surface area contributed by atoms with Crippen LogP contribution in [0.3, 0.4) is 0 Å². The lowest BCUT2D eigenvalue weighted by Crippen LogP contribution is -2.24. The maximum atomic E-state index is 12.0. The summed E-state index contributed by atoms with van der Waals surface area (Å²) in [5.41, 5.74) is 0.950. The fourth-order valence-corrected chi connectivity index (χ4v) is 2.91. The number of rotatable bonds is 8. The highest BCUT2D eigenvalue weighted by molar-refractivity contribution is 7.89. The number of hydrogen-bond donors (Lipinski definition) is 2. The summed E-state index contributed by atoms with van der Waals surface area (Å²) in [5.74, 6) is 0. The number of hydrogen-bond acceptors (Lipinski definition) is 3. The summed E-state index contributed by atoms with van der Waals surface area (Å²) in [5, 5.41) is 3.01. The predicted octanol–water partition coefficient (Wildman–Crippen LogP) is 1.21. The molecule has 1 heterocycles. The Morgan fingerprint density at radius 1 is 1.33 bits per heavy atom. The number of aromatic nitrogens is 1. The largest absolute Gasteiger partial charge is 0.352 e. The van der Waals surface area contributed by atoms with Crippen LogP contribution >= 0.6 is 0 Å². The van der Waals surface area contributed by atoms with Crippen molar-refractivity contribution in [3.63, 3.8) is 0 Å². The molecule has 18 heavy (non-hydrogen) atoms. The molecule has 0 spiro atoms. The van der Waals surface area contributed by atoms with E-state index < -0.39 is 10.0 Å². The van der Waals surface area contributed by atoms with Gasteiger partial charge in [0.25, 0.3) is 0 Å². The van der Waals surface area contributed by atoms with Gasteiger partial charge in [-0.05, 0) is 19.5 Å². The molecule has 6 heteroatoms. The van der Waals surface area contributed by atoms with Gasteiger partial charge >= 0.3 is 0 Å². The molecule has 1 aromatic heterocycles. The van der Waals surface area contributed by atoms with Gasteiger partial charge < -0.3 is 9.88 Å². The van der Waals surface area contributed by atoms with E-state index in [0.29, 0.717) is 18.0 Å². The number of nitrogens with one attached hydrogen (secondary N) is 2. The van der Waals surface area contributed by atoms with Crippen molar-refractivity contribution in [2.75, 3.05) is 13.6 Å². The average Bonchev–Trinajstić information content (AvgIpc) is 2.68. The summed E-state index contributed by atoms with van der Waals surface area (Å²) in [7, 11) is 0.328. The van der Waals surface area contributed by atoms with Crippen LogP contribution < -0.4 is 10.0 Å². The molecule has 0 saturated carbocycles. The van der Waals surface area contributed by atoms with Gasteiger partial charge in [0.15, 0.2) is 0 Å². The van der Waals surface area contributed by atoms with E-state index in [1.165, 1.54) is 0 Å². The minimum atomic E-state index is -3.36. The number of unbranched alkanes of at least 4 members (excludes halogenated alkanes) is 2. The van der Waals surface area contributed by atoms with Gasteiger partial charge in [-0.3, -0.25) is 0 Å². The maximum absolute atomic E-state index is 12.0. The molecule has 104 valence electrons. The Balaban J connectivity index is 2.69. The quantitative estimate of drug-likeness (QED) is 0.700. The van der Waals surface area contributed by atoms with Crippen LogP contribution in [0, 0.1) is 0 Å². The monoisotopic (exact) mass is 273 g/mol. The molecular formula is C12H23N3O2S. The predicted molar refractivity (Wildman–Crippen MR) is 72.9 cm³/mol. The molecule has 0 radical (unpaired) electrons. The smallest absolute Gasteiger partial charge is 0.242 e. The first-order chi connectivity index (χ1) is 8.51. The number of sulfonamides is 1. The van der Waals surface area contributed by atoms with Gasteiger partial charge in [-0.2, -0.15) is 0 Å². The van der Waals surface area contributed by atoms with Crippen molar-refractivity contribution in [1.29, 1.82) is 0 Å². The van der Waals surface area contributed by atoms with Gasteiger partial charge in [0.1, 0.15) is 0 Å². The van der Waals surface area contributed by atoms with Gasteiger partial charge in [-0.15, -0.1) is 0 Å². The Morgan fingerprint density at radius 3 is 2.67 bits per heavy atom. The first-order valence-corrected chi connectivity index (χ1v) is 7.79. The molecule has 0 amide bonds. The van der Waals surface area contributed by atoms with E-state index in [1.54, 1.807) is 12.3 Å². The van der Waals surface area contributed by atoms with Crippen LogP contribution in [0.25, 0.3) is 0 Å². The van der Waals surface area contributed by atoms with Crippen LogP contribution in [0.15, 0.2) is 17.2 Å². The number of nitrogens with zero attached hydrogens (tertiary/aromatic N) is 1. The summed E-state index contributed by atoms with van der Waals surface area (Å²) in [6.07, 6.45) is 4.66. The van der Waals surface area contributed by atoms with Gasteiger partial charge in [-0.1, -0.05) is 19.8 Å². The molecule has 0 saturated heterocycles. The van der Waals surface area contributed by atoms with E-state index in [-0.39, 0.29) is 0 Å². The number of aryl methyl sites for hydroxylation is 1. The van der Waals surface area contributed by atoms with E-state index in [0.717, 1.165) is 25.0 Å². The van der Waals surface area contributed by atoms with Crippen molar-refractivity contribution in [1.82, 2.24) is 14.6 Å². The Hall–Kier alpha value is -0.850. The zero-order chi connectivity index (χ0) is 13.6. The highest BCUT2D eigenvalue weighted by atomic mass is 32.2. The van der Waals surface area contributed by atoms with Crippen molar-refractivity contribution in [3.05, 3.63) is 18.0 Å². The minimum Gasteiger partial charge on any atom is -0.352 e. The second-order valence-electron chi connectivity index (χ2n) is 4.41. The molecule has 0 aromatic carbocycles. The molecule has 0 bridgehead atoms. The molecular weight excluding hydrogens is 250 g/mol. The van der Waals surface area contributed by atoms with Gasteiger partial charge in [0.2, 0.25) is 10.0 Å². The van der Waals surface area contributed by atoms with E-state index in [4.69, 9.17) is 0 Å². The first kappa shape index (κ1) is 15.2. The van der Waals surface area contributed by atoms with Crippen molar-refractivity contribution in [2.24, 2.45) is 7.05 Å². The van der Waals surface area contributed by atoms with Crippen molar-refractivity contribution < 1.29 is 8.42 Å². The van der Waals surface area contributed by atoms with E-state index >= 15 is 0 Å². The van der Waals surface area contributed by atoms with Crippen LogP contribution in [0.1, 0.15) is 31.9 Å². The van der Waals surface area contributed by atoms with Gasteiger partial charge in [-0.25, -0.2) is 13.1 Å². The Bertz CT molecular complexity index is 466. The molecule has 0 atom stereocenters. The molecule has 0 fully saturated rings. The molecule has 1 rings (SSSR count). The summed E-state index contributed by atoms with van der Waals surface area (Å²) in [6, 6.07) is 1.71. The topological polar surface area (TPSA) is 63.1 Å². The molecule has 1 aromatic rings. The highest BCUT2D eigenvalue weighted by Crippen LogP contribution is 2.13. The Morgan fingerprint density at radius 2 is 2.06 bits per heavy atom. The second kappa shape index (κ2) is 6.92. The first-order valence-electron chi connectivity index (χ1n) is 6.30. The van der Waals surface area contributed by atoms with Crippen LogP contribution in [0.2, 0.25) is 0 Å². The van der Waals surface area contributed by atoms with Crippen LogP contribution in [-0.4, -0.2) is 26.6 Å². The summed E-state index contributed by atoms with van der Waals surface area (Å²) in [4.78, 5) is 0.340. The zero-order valence-corrected chi connectivity index (χ0v) is 12.2. The molecule has 0 aliphatic rings. The molecule has 0 aliphatic heterocycles. The van der Waals surface area contributed by atoms with Crippen LogP contribution in [0.5, 0.6) is 0 Å². The Kier molecular flexibility index (Phi) is 5.84. The minimum absolute atomic E-state index is 0.340. The molecule has 2 N–H and O–H groups in total. The van der Waals surface area contributed by atoms with Crippen LogP contribution in [0.4, 0.5) is 0 Å². The summed E-state index contributed by atoms with van der Waals surface area (Å²) in [6.45, 7) is 3.25. The van der Waals surface area contributed by atoms with E-state index in [2.05, 4.69) is 17.0 Å². The van der Waals surface area contributed by atoms with Crippen molar-refractivity contribution in [2.45, 2.75) is 37.6 Å². The van der Waals surface area contributed by atoms with Crippen molar-refractivity contribution >= 4 is 10.0 Å². The molecule has 0 unspecified atom stereocenters. The standard InChI is InChI=1S/C12H23N3O2S/c1-4-5-6-7-14-18(16,17)12-8-11(9-13-2)15(3)10-12/h8,10,13-14H,4-7,9H2,1-3H3. The third-order valence-electron chi connectivity index (χ3n) is 2.82. The fraction of sp³-hybridized carbons (Fsp3) is 0.667. The van der Waals surface area contributed by atoms with Crippen LogP contribution in [-0.2, 0) is 23.6 Å². The third kappa shape index (κ3) is 4.12. The highest BCUT2D eigenvalue weighted by Gasteiger charge is 2.16. The van der Waals surface area contributed by atoms with E-state index in [1.807, 2.05) is 18.7 Å². The normalized spacial score (nSPS) is 11.9. The lowest BCUT2D eigenvalue weighted by Gasteiger charge is -2.03. The summed E-state index contributed by atoms with van der Waals surface area (Å²) >= 11 is 0. The molecule has 0 aliphatic carbocycles. The van der Waals surface area contributed by atoms with Crippen molar-refractivity contribution in [3.8, 4) is 0 Å². The zero-order valence-electron chi connectivity index (χ0n) is 11.4. The fourth-order valence-electron chi connectivity index (χ4n) is 1.75.